The number of aromatic amines is 1. The molecule has 3 N–H and O–H groups in total. The molecule has 0 saturated heterocycles. The summed E-state index contributed by atoms with van der Waals surface area (Å²) in [5.74, 6) is 1.32. The second-order valence-electron chi connectivity index (χ2n) is 9.40. The average molecular weight is 412 g/mol. The Morgan fingerprint density at radius 1 is 1.06 bits per heavy atom. The number of nitrogens with one attached hydrogen (secondary N) is 1. The Morgan fingerprint density at radius 2 is 1.84 bits per heavy atom. The smallest absolute Gasteiger partial charge is 0.203 e. The van der Waals surface area contributed by atoms with Gasteiger partial charge in [-0.05, 0) is 58.9 Å². The van der Waals surface area contributed by atoms with Crippen molar-refractivity contribution in [1.29, 1.82) is 0 Å². The molecule has 158 valence electrons. The fraction of sp³-hybridized carbons (Fsp3) is 0.346. The van der Waals surface area contributed by atoms with Crippen molar-refractivity contribution in [3.05, 3.63) is 82.9 Å². The first-order chi connectivity index (χ1) is 15.0. The van der Waals surface area contributed by atoms with Crippen molar-refractivity contribution in [2.75, 3.05) is 5.73 Å². The van der Waals surface area contributed by atoms with Crippen molar-refractivity contribution in [3.63, 3.8) is 0 Å². The number of H-pyrrole nitrogens is 1. The molecule has 0 aliphatic heterocycles. The van der Waals surface area contributed by atoms with E-state index in [0.717, 1.165) is 23.9 Å². The number of nitrogen functional groups attached to an aromatic ring is 1. The first-order valence-corrected chi connectivity index (χ1v) is 11.1. The van der Waals surface area contributed by atoms with Crippen LogP contribution in [0.2, 0.25) is 0 Å². The second kappa shape index (κ2) is 7.80. The van der Waals surface area contributed by atoms with Crippen LogP contribution in [0.25, 0.3) is 11.2 Å². The SMILES string of the molecule is CC1(C)C[C@H](CCCC(c2ccccc2)c2cc(N)nc3n[nH]nc23)c2ccccc21. The zero-order chi connectivity index (χ0) is 21.4. The van der Waals surface area contributed by atoms with Gasteiger partial charge in [0.2, 0.25) is 5.65 Å². The number of nitrogens with zero attached hydrogens (tertiary/aromatic N) is 3. The molecule has 1 unspecified atom stereocenters. The molecule has 0 bridgehead atoms. The summed E-state index contributed by atoms with van der Waals surface area (Å²) in [6.07, 6.45) is 4.58. The van der Waals surface area contributed by atoms with E-state index in [1.807, 2.05) is 6.07 Å². The molecule has 5 rings (SSSR count). The summed E-state index contributed by atoms with van der Waals surface area (Å²) in [7, 11) is 0. The highest BCUT2D eigenvalue weighted by Gasteiger charge is 2.36. The van der Waals surface area contributed by atoms with Crippen LogP contribution in [0.1, 0.15) is 73.6 Å². The molecule has 2 aromatic carbocycles. The Morgan fingerprint density at radius 3 is 2.68 bits per heavy atom. The van der Waals surface area contributed by atoms with Crippen molar-refractivity contribution in [2.24, 2.45) is 0 Å². The number of nitrogens with two attached hydrogens (primary N) is 1. The van der Waals surface area contributed by atoms with Gasteiger partial charge in [-0.15, -0.1) is 5.10 Å². The minimum atomic E-state index is 0.212. The minimum absolute atomic E-state index is 0.212. The maximum atomic E-state index is 6.12. The minimum Gasteiger partial charge on any atom is -0.384 e. The van der Waals surface area contributed by atoms with Gasteiger partial charge in [0.1, 0.15) is 11.3 Å². The van der Waals surface area contributed by atoms with Crippen LogP contribution in [0.5, 0.6) is 0 Å². The summed E-state index contributed by atoms with van der Waals surface area (Å²) in [4.78, 5) is 4.33. The van der Waals surface area contributed by atoms with Crippen molar-refractivity contribution < 1.29 is 0 Å². The van der Waals surface area contributed by atoms with Gasteiger partial charge >= 0.3 is 0 Å². The van der Waals surface area contributed by atoms with Gasteiger partial charge in [0.05, 0.1) is 0 Å². The Hall–Kier alpha value is -3.21. The van der Waals surface area contributed by atoms with E-state index in [2.05, 4.69) is 88.8 Å². The summed E-state index contributed by atoms with van der Waals surface area (Å²) in [5, 5.41) is 11.3. The molecule has 31 heavy (non-hydrogen) atoms. The second-order valence-corrected chi connectivity index (χ2v) is 9.40. The Labute approximate surface area is 183 Å². The van der Waals surface area contributed by atoms with Gasteiger partial charge in [0, 0.05) is 5.92 Å². The molecule has 0 radical (unpaired) electrons. The predicted octanol–water partition coefficient (Wildman–Crippen LogP) is 5.70. The monoisotopic (exact) mass is 411 g/mol. The molecule has 5 nitrogen and oxygen atoms in total. The van der Waals surface area contributed by atoms with Crippen LogP contribution < -0.4 is 5.73 Å². The fourth-order valence-electron chi connectivity index (χ4n) is 5.46. The predicted molar refractivity (Wildman–Crippen MR) is 125 cm³/mol. The summed E-state index contributed by atoms with van der Waals surface area (Å²) < 4.78 is 0. The molecule has 2 aromatic heterocycles. The highest BCUT2D eigenvalue weighted by Crippen LogP contribution is 2.48. The number of hydrogen-bond donors (Lipinski definition) is 2. The molecule has 0 spiro atoms. The van der Waals surface area contributed by atoms with E-state index in [1.165, 1.54) is 29.5 Å². The molecule has 0 amide bonds. The van der Waals surface area contributed by atoms with E-state index in [9.17, 15) is 0 Å². The number of fused-ring (bicyclic) bond motifs is 2. The molecular weight excluding hydrogens is 382 g/mol. The standard InChI is InChI=1S/C26H29N5/c1-26(2)16-18(20-12-6-7-14-22(20)26)11-8-13-19(17-9-4-3-5-10-17)21-15-23(27)28-25-24(21)29-31-30-25/h3-7,9-10,12,14-15,18-19H,8,11,13,16H2,1-2H3,(H3,27,28,29,30,31)/t18-,19?/m0/s1. The third-order valence-corrected chi connectivity index (χ3v) is 6.85. The maximum absolute atomic E-state index is 6.12. The highest BCUT2D eigenvalue weighted by molar-refractivity contribution is 5.77. The van der Waals surface area contributed by atoms with Crippen LogP contribution in [-0.2, 0) is 5.41 Å². The Bertz CT molecular complexity index is 1190. The Kier molecular flexibility index (Phi) is 4.97. The zero-order valence-corrected chi connectivity index (χ0v) is 18.2. The van der Waals surface area contributed by atoms with E-state index in [1.54, 1.807) is 0 Å². The van der Waals surface area contributed by atoms with Crippen LogP contribution >= 0.6 is 0 Å². The Balaban J connectivity index is 1.41. The van der Waals surface area contributed by atoms with Crippen molar-refractivity contribution in [2.45, 2.75) is 56.8 Å². The van der Waals surface area contributed by atoms with Crippen LogP contribution in [-0.4, -0.2) is 20.4 Å². The number of benzene rings is 2. The molecular formula is C26H29N5. The van der Waals surface area contributed by atoms with E-state index in [0.29, 0.717) is 17.4 Å². The highest BCUT2D eigenvalue weighted by atomic mass is 15.3. The first-order valence-electron chi connectivity index (χ1n) is 11.1. The molecule has 2 heterocycles. The summed E-state index contributed by atoms with van der Waals surface area (Å²) in [6, 6.07) is 21.6. The van der Waals surface area contributed by atoms with Gasteiger partial charge in [-0.3, -0.25) is 0 Å². The maximum Gasteiger partial charge on any atom is 0.203 e. The van der Waals surface area contributed by atoms with Crippen molar-refractivity contribution in [1.82, 2.24) is 20.4 Å². The van der Waals surface area contributed by atoms with E-state index in [4.69, 9.17) is 5.73 Å². The van der Waals surface area contributed by atoms with Crippen LogP contribution in [0.3, 0.4) is 0 Å². The molecule has 4 aromatic rings. The number of pyridine rings is 1. The number of rotatable bonds is 6. The lowest BCUT2D eigenvalue weighted by atomic mass is 9.83. The number of aromatic nitrogens is 4. The van der Waals surface area contributed by atoms with E-state index >= 15 is 0 Å². The van der Waals surface area contributed by atoms with Crippen LogP contribution in [0, 0.1) is 0 Å². The summed E-state index contributed by atoms with van der Waals surface area (Å²) in [6.45, 7) is 4.75. The fourth-order valence-corrected chi connectivity index (χ4v) is 5.46. The van der Waals surface area contributed by atoms with Gasteiger partial charge in [0.15, 0.2) is 0 Å². The largest absolute Gasteiger partial charge is 0.384 e. The van der Waals surface area contributed by atoms with Gasteiger partial charge < -0.3 is 5.73 Å². The van der Waals surface area contributed by atoms with Crippen LogP contribution in [0.15, 0.2) is 60.7 Å². The third kappa shape index (κ3) is 3.69. The first kappa shape index (κ1) is 19.7. The molecule has 1 aliphatic rings. The van der Waals surface area contributed by atoms with Gasteiger partial charge in [-0.2, -0.15) is 10.3 Å². The molecule has 0 saturated carbocycles. The summed E-state index contributed by atoms with van der Waals surface area (Å²) >= 11 is 0. The van der Waals surface area contributed by atoms with Crippen molar-refractivity contribution in [3.8, 4) is 0 Å². The van der Waals surface area contributed by atoms with Gasteiger partial charge in [-0.1, -0.05) is 74.9 Å². The molecule has 1 aliphatic carbocycles. The molecule has 0 fully saturated rings. The van der Waals surface area contributed by atoms with Gasteiger partial charge in [-0.25, -0.2) is 4.98 Å². The third-order valence-electron chi connectivity index (χ3n) is 6.85. The number of hydrogen-bond acceptors (Lipinski definition) is 4. The van der Waals surface area contributed by atoms with Gasteiger partial charge in [0.25, 0.3) is 0 Å². The number of anilines is 1. The quantitative estimate of drug-likeness (QED) is 0.426. The lowest BCUT2D eigenvalue weighted by Crippen LogP contribution is -2.12. The lowest BCUT2D eigenvalue weighted by molar-refractivity contribution is 0.446. The molecule has 2 atom stereocenters. The topological polar surface area (TPSA) is 80.5 Å². The lowest BCUT2D eigenvalue weighted by Gasteiger charge is -2.21. The van der Waals surface area contributed by atoms with Crippen molar-refractivity contribution >= 4 is 17.0 Å². The molecule has 5 heteroatoms. The normalized spacial score (nSPS) is 18.2. The average Bonchev–Trinajstić information content (AvgIpc) is 3.34. The van der Waals surface area contributed by atoms with Crippen LogP contribution in [0.4, 0.5) is 5.82 Å². The van der Waals surface area contributed by atoms with E-state index in [-0.39, 0.29) is 11.3 Å². The zero-order valence-electron chi connectivity index (χ0n) is 18.2. The summed E-state index contributed by atoms with van der Waals surface area (Å²) in [5.41, 5.74) is 13.2. The van der Waals surface area contributed by atoms with E-state index < -0.39 is 0 Å².